The van der Waals surface area contributed by atoms with Crippen molar-refractivity contribution >= 4 is 17.4 Å². The van der Waals surface area contributed by atoms with E-state index in [2.05, 4.69) is 30.8 Å². The van der Waals surface area contributed by atoms with Gasteiger partial charge in [0.25, 0.3) is 0 Å². The van der Waals surface area contributed by atoms with Crippen LogP contribution in [0.25, 0.3) is 11.5 Å². The molecule has 170 valence electrons. The van der Waals surface area contributed by atoms with E-state index < -0.39 is 11.8 Å². The highest BCUT2D eigenvalue weighted by Crippen LogP contribution is 2.27. The summed E-state index contributed by atoms with van der Waals surface area (Å²) >= 11 is 0. The van der Waals surface area contributed by atoms with Crippen LogP contribution in [0, 0.1) is 5.82 Å². The topological polar surface area (TPSA) is 112 Å². The Morgan fingerprint density at radius 2 is 1.88 bits per heavy atom. The molecular formula is C22H23FN8O2. The van der Waals surface area contributed by atoms with Crippen molar-refractivity contribution in [2.45, 2.75) is 26.3 Å². The van der Waals surface area contributed by atoms with Crippen LogP contribution in [0.5, 0.6) is 11.5 Å². The molecular weight excluding hydrogens is 427 g/mol. The van der Waals surface area contributed by atoms with Gasteiger partial charge in [0.2, 0.25) is 0 Å². The monoisotopic (exact) mass is 450 g/mol. The molecule has 33 heavy (non-hydrogen) atoms. The first-order chi connectivity index (χ1) is 15.7. The minimum atomic E-state index is -0.645. The fourth-order valence-electron chi connectivity index (χ4n) is 2.89. The van der Waals surface area contributed by atoms with Gasteiger partial charge in [-0.2, -0.15) is 5.10 Å². The Bertz CT molecular complexity index is 1290. The highest BCUT2D eigenvalue weighted by atomic mass is 19.1. The zero-order valence-corrected chi connectivity index (χ0v) is 18.6. The Hall–Kier alpha value is -4.28. The number of anilines is 2. The third-order valence-electron chi connectivity index (χ3n) is 4.51. The van der Waals surface area contributed by atoms with Crippen LogP contribution in [0.3, 0.4) is 0 Å². The quantitative estimate of drug-likeness (QED) is 0.466. The van der Waals surface area contributed by atoms with Crippen LogP contribution < -0.4 is 15.4 Å². The summed E-state index contributed by atoms with van der Waals surface area (Å²) in [5.74, 6) is 0.513. The van der Waals surface area contributed by atoms with Crippen LogP contribution in [-0.2, 0) is 12.6 Å². The molecule has 0 saturated carbocycles. The van der Waals surface area contributed by atoms with Crippen molar-refractivity contribution in [2.24, 2.45) is 7.05 Å². The maximum absolute atomic E-state index is 14.6. The highest BCUT2D eigenvalue weighted by molar-refractivity contribution is 5.99. The van der Waals surface area contributed by atoms with Crippen molar-refractivity contribution in [2.75, 3.05) is 10.6 Å². The predicted octanol–water partition coefficient (Wildman–Crippen LogP) is 4.40. The van der Waals surface area contributed by atoms with Gasteiger partial charge < -0.3 is 15.4 Å². The maximum Gasteiger partial charge on any atom is 0.323 e. The van der Waals surface area contributed by atoms with Crippen molar-refractivity contribution in [1.82, 2.24) is 29.5 Å². The minimum absolute atomic E-state index is 0.0103. The fraction of sp³-hybridized carbons (Fsp3) is 0.227. The van der Waals surface area contributed by atoms with Crippen LogP contribution >= 0.6 is 0 Å². The van der Waals surface area contributed by atoms with Crippen molar-refractivity contribution in [3.8, 4) is 23.0 Å². The van der Waals surface area contributed by atoms with Crippen LogP contribution in [0.1, 0.15) is 20.8 Å². The summed E-state index contributed by atoms with van der Waals surface area (Å²) in [5, 5.41) is 13.5. The van der Waals surface area contributed by atoms with E-state index in [0.29, 0.717) is 23.0 Å². The van der Waals surface area contributed by atoms with Crippen molar-refractivity contribution in [3.05, 3.63) is 61.1 Å². The molecule has 11 heteroatoms. The van der Waals surface area contributed by atoms with E-state index in [1.165, 1.54) is 18.3 Å². The van der Waals surface area contributed by atoms with Gasteiger partial charge in [0, 0.05) is 31.6 Å². The molecule has 0 atom stereocenters. The number of hydrogen-bond acceptors (Lipinski definition) is 6. The van der Waals surface area contributed by atoms with Gasteiger partial charge in [0.1, 0.15) is 29.3 Å². The standard InChI is InChI=1S/C22H23FN8O2/c1-22(2,3)31-12-14(11-26-31)27-21(32)28-18-6-5-15(9-17(18)23)33-16-7-8-24-19(10-16)20-25-13-30(4)29-20/h5-13H,1-4H3,(H2,27,28,32). The summed E-state index contributed by atoms with van der Waals surface area (Å²) in [6, 6.07) is 6.87. The van der Waals surface area contributed by atoms with Crippen molar-refractivity contribution in [3.63, 3.8) is 0 Å². The normalized spacial score (nSPS) is 11.3. The Morgan fingerprint density at radius 3 is 2.55 bits per heavy atom. The SMILES string of the molecule is Cn1cnc(-c2cc(Oc3ccc(NC(=O)Nc4cnn(C(C)(C)C)c4)c(F)c3)ccn2)n1. The van der Waals surface area contributed by atoms with Gasteiger partial charge in [-0.25, -0.2) is 14.2 Å². The Labute approximate surface area is 189 Å². The van der Waals surface area contributed by atoms with Crippen LogP contribution in [0.2, 0.25) is 0 Å². The lowest BCUT2D eigenvalue weighted by Gasteiger charge is -2.18. The number of nitrogens with one attached hydrogen (secondary N) is 2. The smallest absolute Gasteiger partial charge is 0.323 e. The number of pyridine rings is 1. The summed E-state index contributed by atoms with van der Waals surface area (Å²) in [5.41, 5.74) is 0.815. The number of benzene rings is 1. The number of carbonyl (C=O) groups is 1. The number of amides is 2. The van der Waals surface area contributed by atoms with Gasteiger partial charge in [0.15, 0.2) is 5.82 Å². The first-order valence-electron chi connectivity index (χ1n) is 10.1. The molecule has 0 spiro atoms. The molecule has 0 fully saturated rings. The van der Waals surface area contributed by atoms with E-state index in [1.54, 1.807) is 53.3 Å². The summed E-state index contributed by atoms with van der Waals surface area (Å²) in [6.45, 7) is 5.97. The minimum Gasteiger partial charge on any atom is -0.457 e. The molecule has 0 saturated heterocycles. The number of aryl methyl sites for hydroxylation is 1. The Balaban J connectivity index is 1.41. The summed E-state index contributed by atoms with van der Waals surface area (Å²) < 4.78 is 23.6. The van der Waals surface area contributed by atoms with Crippen molar-refractivity contribution in [1.29, 1.82) is 0 Å². The molecule has 0 aliphatic heterocycles. The molecule has 3 heterocycles. The molecule has 0 radical (unpaired) electrons. The second-order valence-electron chi connectivity index (χ2n) is 8.29. The molecule has 0 aliphatic carbocycles. The van der Waals surface area contributed by atoms with E-state index in [-0.39, 0.29) is 17.0 Å². The number of ether oxygens (including phenoxy) is 1. The molecule has 0 aliphatic rings. The summed E-state index contributed by atoms with van der Waals surface area (Å²) in [7, 11) is 1.76. The Kier molecular flexibility index (Phi) is 5.78. The van der Waals surface area contributed by atoms with Gasteiger partial charge in [-0.1, -0.05) is 0 Å². The van der Waals surface area contributed by atoms with Gasteiger partial charge in [-0.05, 0) is 39.0 Å². The highest BCUT2D eigenvalue weighted by Gasteiger charge is 2.15. The molecule has 3 aromatic heterocycles. The molecule has 1 aromatic carbocycles. The summed E-state index contributed by atoms with van der Waals surface area (Å²) in [6.07, 6.45) is 6.36. The summed E-state index contributed by atoms with van der Waals surface area (Å²) in [4.78, 5) is 20.6. The number of nitrogens with zero attached hydrogens (tertiary/aromatic N) is 6. The van der Waals surface area contributed by atoms with Gasteiger partial charge >= 0.3 is 6.03 Å². The fourth-order valence-corrected chi connectivity index (χ4v) is 2.89. The average Bonchev–Trinajstić information content (AvgIpc) is 3.39. The van der Waals surface area contributed by atoms with E-state index in [0.717, 1.165) is 0 Å². The van der Waals surface area contributed by atoms with Gasteiger partial charge in [0.05, 0.1) is 23.1 Å². The molecule has 2 amide bonds. The van der Waals surface area contributed by atoms with Gasteiger partial charge in [-0.3, -0.25) is 14.3 Å². The number of rotatable bonds is 5. The number of carbonyl (C=O) groups excluding carboxylic acids is 1. The van der Waals surface area contributed by atoms with Crippen LogP contribution in [0.4, 0.5) is 20.6 Å². The van der Waals surface area contributed by atoms with Crippen molar-refractivity contribution < 1.29 is 13.9 Å². The van der Waals surface area contributed by atoms with Crippen LogP contribution in [-0.4, -0.2) is 35.6 Å². The third-order valence-corrected chi connectivity index (χ3v) is 4.51. The largest absolute Gasteiger partial charge is 0.457 e. The lowest BCUT2D eigenvalue weighted by Crippen LogP contribution is -2.22. The van der Waals surface area contributed by atoms with Gasteiger partial charge in [-0.15, -0.1) is 5.10 Å². The molecule has 0 bridgehead atoms. The molecule has 2 N–H and O–H groups in total. The molecule has 4 rings (SSSR count). The second-order valence-corrected chi connectivity index (χ2v) is 8.29. The first-order valence-corrected chi connectivity index (χ1v) is 10.1. The lowest BCUT2D eigenvalue weighted by atomic mass is 10.1. The Morgan fingerprint density at radius 1 is 1.09 bits per heavy atom. The third kappa shape index (κ3) is 5.32. The zero-order valence-electron chi connectivity index (χ0n) is 18.6. The molecule has 10 nitrogen and oxygen atoms in total. The number of urea groups is 1. The first kappa shape index (κ1) is 21.9. The number of hydrogen-bond donors (Lipinski definition) is 2. The maximum atomic E-state index is 14.6. The second kappa shape index (κ2) is 8.69. The molecule has 4 aromatic rings. The lowest BCUT2D eigenvalue weighted by molar-refractivity contribution is 0.262. The van der Waals surface area contributed by atoms with E-state index in [1.807, 2.05) is 20.8 Å². The predicted molar refractivity (Wildman–Crippen MR) is 121 cm³/mol. The van der Waals surface area contributed by atoms with Crippen LogP contribution in [0.15, 0.2) is 55.2 Å². The van der Waals surface area contributed by atoms with E-state index in [4.69, 9.17) is 4.74 Å². The zero-order chi connectivity index (χ0) is 23.6. The van der Waals surface area contributed by atoms with E-state index in [9.17, 15) is 9.18 Å². The average molecular weight is 450 g/mol. The number of halogens is 1. The molecule has 0 unspecified atom stereocenters. The van der Waals surface area contributed by atoms with E-state index >= 15 is 0 Å². The number of aromatic nitrogens is 6.